The lowest BCUT2D eigenvalue weighted by Gasteiger charge is -2.19. The number of halogens is 1. The predicted octanol–water partition coefficient (Wildman–Crippen LogP) is 4.27. The molecule has 154 valence electrons. The molecule has 0 saturated carbocycles. The Hall–Kier alpha value is -3.36. The van der Waals surface area contributed by atoms with Crippen LogP contribution in [0, 0.1) is 0 Å². The molecule has 0 aliphatic heterocycles. The van der Waals surface area contributed by atoms with E-state index in [0.717, 1.165) is 11.2 Å². The molecule has 0 fully saturated rings. The summed E-state index contributed by atoms with van der Waals surface area (Å²) in [6.07, 6.45) is 3.15. The summed E-state index contributed by atoms with van der Waals surface area (Å²) < 4.78 is 5.12. The summed E-state index contributed by atoms with van der Waals surface area (Å²) in [6.45, 7) is 4.49. The van der Waals surface area contributed by atoms with Gasteiger partial charge < -0.3 is 25.8 Å². The third kappa shape index (κ3) is 4.45. The van der Waals surface area contributed by atoms with Crippen molar-refractivity contribution in [2.45, 2.75) is 19.4 Å². The minimum atomic E-state index is -0.349. The Morgan fingerprint density at radius 3 is 2.83 bits per heavy atom. The molecule has 9 heteroatoms. The topological polar surface area (TPSA) is 122 Å². The number of aromatic amines is 1. The van der Waals surface area contributed by atoms with Crippen LogP contribution < -0.4 is 16.4 Å². The number of nitrogens with zero attached hydrogens (tertiary/aromatic N) is 2. The van der Waals surface area contributed by atoms with Gasteiger partial charge in [-0.05, 0) is 50.2 Å². The van der Waals surface area contributed by atoms with E-state index in [4.69, 9.17) is 21.8 Å². The largest absolute Gasteiger partial charge is 0.459 e. The minimum absolute atomic E-state index is 0.222. The molecule has 3 heterocycles. The number of hydrogen-bond donors (Lipinski definition) is 4. The van der Waals surface area contributed by atoms with Crippen molar-refractivity contribution in [3.63, 3.8) is 0 Å². The van der Waals surface area contributed by atoms with E-state index in [1.165, 1.54) is 6.26 Å². The summed E-state index contributed by atoms with van der Waals surface area (Å²) in [5.74, 6) is 0.422. The summed E-state index contributed by atoms with van der Waals surface area (Å²) in [7, 11) is 0. The van der Waals surface area contributed by atoms with Crippen molar-refractivity contribution < 1.29 is 9.21 Å². The third-order valence-electron chi connectivity index (χ3n) is 4.31. The molecule has 1 amide bonds. The number of anilines is 2. The van der Waals surface area contributed by atoms with Crippen molar-refractivity contribution in [1.82, 2.24) is 15.0 Å². The fourth-order valence-corrected chi connectivity index (χ4v) is 3.05. The molecule has 30 heavy (non-hydrogen) atoms. The van der Waals surface area contributed by atoms with Gasteiger partial charge in [0.2, 0.25) is 0 Å². The van der Waals surface area contributed by atoms with Gasteiger partial charge in [-0.3, -0.25) is 4.79 Å². The number of amides is 1. The highest BCUT2D eigenvalue weighted by Gasteiger charge is 2.15. The molecule has 4 rings (SSSR count). The Morgan fingerprint density at radius 1 is 1.27 bits per heavy atom. The first kappa shape index (κ1) is 19.9. The summed E-state index contributed by atoms with van der Waals surface area (Å²) in [4.78, 5) is 24.4. The number of aromatic nitrogens is 3. The van der Waals surface area contributed by atoms with E-state index in [2.05, 4.69) is 25.6 Å². The average molecular weight is 425 g/mol. The molecule has 0 atom stereocenters. The van der Waals surface area contributed by atoms with Crippen LogP contribution in [-0.2, 0) is 0 Å². The first-order valence-corrected chi connectivity index (χ1v) is 9.70. The number of hydrogen-bond acceptors (Lipinski definition) is 6. The molecule has 1 aromatic carbocycles. The Bertz CT molecular complexity index is 1190. The van der Waals surface area contributed by atoms with Crippen LogP contribution in [0.4, 0.5) is 11.4 Å². The van der Waals surface area contributed by atoms with E-state index in [9.17, 15) is 4.79 Å². The molecule has 0 saturated heterocycles. The SMILES string of the molecule is CC(C)(N)CNc1cnc2nc(-c3cc(NC(=O)c4ccco4)ccc3Cl)[nH]c2c1. The van der Waals surface area contributed by atoms with Crippen molar-refractivity contribution in [2.75, 3.05) is 17.2 Å². The van der Waals surface area contributed by atoms with Crippen LogP contribution in [0.3, 0.4) is 0 Å². The van der Waals surface area contributed by atoms with Gasteiger partial charge in [-0.25, -0.2) is 9.97 Å². The van der Waals surface area contributed by atoms with Gasteiger partial charge in [-0.15, -0.1) is 0 Å². The number of rotatable bonds is 6. The van der Waals surface area contributed by atoms with Crippen LogP contribution in [0.15, 0.2) is 53.3 Å². The Balaban J connectivity index is 1.60. The highest BCUT2D eigenvalue weighted by Crippen LogP contribution is 2.30. The molecule has 8 nitrogen and oxygen atoms in total. The van der Waals surface area contributed by atoms with Crippen molar-refractivity contribution in [3.8, 4) is 11.4 Å². The van der Waals surface area contributed by atoms with Crippen LogP contribution in [0.1, 0.15) is 24.4 Å². The molecule has 0 unspecified atom stereocenters. The summed E-state index contributed by atoms with van der Waals surface area (Å²) in [6, 6.07) is 10.3. The molecule has 0 bridgehead atoms. The average Bonchev–Trinajstić information content (AvgIpc) is 3.36. The minimum Gasteiger partial charge on any atom is -0.459 e. The quantitative estimate of drug-likeness (QED) is 0.366. The maximum Gasteiger partial charge on any atom is 0.291 e. The van der Waals surface area contributed by atoms with E-state index in [1.54, 1.807) is 36.5 Å². The van der Waals surface area contributed by atoms with Gasteiger partial charge in [0.1, 0.15) is 5.82 Å². The van der Waals surface area contributed by atoms with E-state index in [1.807, 2.05) is 19.9 Å². The summed E-state index contributed by atoms with van der Waals surface area (Å²) in [5.41, 5.74) is 9.03. The van der Waals surface area contributed by atoms with Gasteiger partial charge in [0, 0.05) is 23.3 Å². The number of nitrogens with one attached hydrogen (secondary N) is 3. The molecule has 4 aromatic rings. The maximum absolute atomic E-state index is 12.2. The molecule has 5 N–H and O–H groups in total. The fourth-order valence-electron chi connectivity index (χ4n) is 2.84. The van der Waals surface area contributed by atoms with Gasteiger partial charge in [0.25, 0.3) is 5.91 Å². The highest BCUT2D eigenvalue weighted by molar-refractivity contribution is 6.33. The van der Waals surface area contributed by atoms with E-state index in [-0.39, 0.29) is 17.2 Å². The fraction of sp³-hybridized carbons (Fsp3) is 0.190. The highest BCUT2D eigenvalue weighted by atomic mass is 35.5. The monoisotopic (exact) mass is 424 g/mol. The number of furan rings is 1. The van der Waals surface area contributed by atoms with Crippen molar-refractivity contribution in [2.24, 2.45) is 5.73 Å². The van der Waals surface area contributed by atoms with Gasteiger partial charge >= 0.3 is 0 Å². The van der Waals surface area contributed by atoms with Crippen LogP contribution >= 0.6 is 11.6 Å². The lowest BCUT2D eigenvalue weighted by atomic mass is 10.1. The number of H-pyrrole nitrogens is 1. The summed E-state index contributed by atoms with van der Waals surface area (Å²) >= 11 is 6.39. The number of imidazole rings is 1. The molecule has 3 aromatic heterocycles. The third-order valence-corrected chi connectivity index (χ3v) is 4.64. The number of nitrogens with two attached hydrogens (primary N) is 1. The van der Waals surface area contributed by atoms with E-state index >= 15 is 0 Å². The number of carbonyl (C=O) groups excluding carboxylic acids is 1. The van der Waals surface area contributed by atoms with Crippen molar-refractivity contribution in [1.29, 1.82) is 0 Å². The van der Waals surface area contributed by atoms with Gasteiger partial charge in [-0.1, -0.05) is 11.6 Å². The number of fused-ring (bicyclic) bond motifs is 1. The van der Waals surface area contributed by atoms with Crippen LogP contribution in [-0.4, -0.2) is 32.9 Å². The smallest absolute Gasteiger partial charge is 0.291 e. The van der Waals surface area contributed by atoms with E-state index < -0.39 is 0 Å². The normalized spacial score (nSPS) is 11.6. The molecular formula is C21H21ClN6O2. The maximum atomic E-state index is 12.2. The zero-order valence-corrected chi connectivity index (χ0v) is 17.2. The number of pyridine rings is 1. The first-order chi connectivity index (χ1) is 14.3. The summed E-state index contributed by atoms with van der Waals surface area (Å²) in [5, 5.41) is 6.54. The molecule has 0 spiro atoms. The van der Waals surface area contributed by atoms with Gasteiger partial charge in [0.05, 0.1) is 28.7 Å². The van der Waals surface area contributed by atoms with Crippen LogP contribution in [0.25, 0.3) is 22.6 Å². The van der Waals surface area contributed by atoms with Crippen molar-refractivity contribution >= 4 is 40.0 Å². The zero-order valence-electron chi connectivity index (χ0n) is 16.5. The van der Waals surface area contributed by atoms with Crippen LogP contribution in [0.2, 0.25) is 5.02 Å². The lowest BCUT2D eigenvalue weighted by Crippen LogP contribution is -2.39. The number of benzene rings is 1. The predicted molar refractivity (Wildman–Crippen MR) is 118 cm³/mol. The Labute approximate surface area is 177 Å². The Kier molecular flexibility index (Phi) is 5.19. The molecule has 0 radical (unpaired) electrons. The second-order valence-corrected chi connectivity index (χ2v) is 8.06. The van der Waals surface area contributed by atoms with E-state index in [0.29, 0.717) is 34.3 Å². The second-order valence-electron chi connectivity index (χ2n) is 7.65. The lowest BCUT2D eigenvalue weighted by molar-refractivity contribution is 0.0996. The zero-order chi connectivity index (χ0) is 21.3. The number of carbonyl (C=O) groups is 1. The standard InChI is InChI=1S/C21H21ClN6O2/c1-21(2,23)11-25-13-9-16-19(24-10-13)28-18(27-16)14-8-12(5-6-15(14)22)26-20(29)17-4-3-7-30-17/h3-10,25H,11,23H2,1-2H3,(H,26,29)(H,24,27,28). The molecule has 0 aliphatic rings. The van der Waals surface area contributed by atoms with Crippen molar-refractivity contribution in [3.05, 3.63) is 59.6 Å². The van der Waals surface area contributed by atoms with Gasteiger partial charge in [-0.2, -0.15) is 0 Å². The van der Waals surface area contributed by atoms with Crippen LogP contribution in [0.5, 0.6) is 0 Å². The Morgan fingerprint density at radius 2 is 2.10 bits per heavy atom. The molecule has 0 aliphatic carbocycles. The second kappa shape index (κ2) is 7.81. The van der Waals surface area contributed by atoms with Gasteiger partial charge in [0.15, 0.2) is 11.4 Å². The molecular weight excluding hydrogens is 404 g/mol. The first-order valence-electron chi connectivity index (χ1n) is 9.32.